The first-order valence-electron chi connectivity index (χ1n) is 1.83. The Balaban J connectivity index is 4.01. The Hall–Kier alpha value is 1.18. The van der Waals surface area contributed by atoms with Crippen LogP contribution in [-0.4, -0.2) is 14.3 Å². The fourth-order valence-corrected chi connectivity index (χ4v) is 0.639. The summed E-state index contributed by atoms with van der Waals surface area (Å²) in [5.41, 5.74) is 0. The van der Waals surface area contributed by atoms with Crippen LogP contribution in [0.2, 0.25) is 0 Å². The van der Waals surface area contributed by atoms with E-state index in [0.29, 0.717) is 0 Å². The predicted octanol–water partition coefficient (Wildman–Crippen LogP) is 3.08. The van der Waals surface area contributed by atoms with Gasteiger partial charge in [0.2, 0.25) is 0 Å². The van der Waals surface area contributed by atoms with Gasteiger partial charge in [0.15, 0.2) is 0 Å². The van der Waals surface area contributed by atoms with Crippen LogP contribution >= 0.6 is 45.2 Å². The average molecular weight is 368 g/mol. The lowest BCUT2D eigenvalue weighted by molar-refractivity contribution is -0.110. The summed E-state index contributed by atoms with van der Waals surface area (Å²) in [7, 11) is 0. The van der Waals surface area contributed by atoms with Gasteiger partial charge in [-0.05, 0) is 0 Å². The highest BCUT2D eigenvalue weighted by Gasteiger charge is 2.46. The third-order valence-electron chi connectivity index (χ3n) is 0.582. The van der Waals surface area contributed by atoms with Gasteiger partial charge in [0.05, 0.1) is 0 Å². The van der Waals surface area contributed by atoms with Crippen molar-refractivity contribution >= 4 is 45.2 Å². The van der Waals surface area contributed by atoms with Crippen LogP contribution in [-0.2, 0) is 0 Å². The Morgan fingerprint density at radius 2 is 1.44 bits per heavy atom. The summed E-state index contributed by atoms with van der Waals surface area (Å²) in [5, 5.41) is 0. The summed E-state index contributed by atoms with van der Waals surface area (Å²) in [4.78, 5) is 0. The number of hydrogen-bond acceptors (Lipinski definition) is 0. The Morgan fingerprint density at radius 1 is 1.11 bits per heavy atom. The lowest BCUT2D eigenvalue weighted by Gasteiger charge is -2.15. The maximum Gasteiger partial charge on any atom is 0.327 e. The van der Waals surface area contributed by atoms with E-state index in [2.05, 4.69) is 0 Å². The zero-order valence-corrected chi connectivity index (χ0v) is 8.24. The van der Waals surface area contributed by atoms with Crippen molar-refractivity contribution in [1.82, 2.24) is 0 Å². The fourth-order valence-electron chi connectivity index (χ4n) is 0.0952. The van der Waals surface area contributed by atoms with Crippen molar-refractivity contribution in [2.45, 2.75) is 14.3 Å². The van der Waals surface area contributed by atoms with Gasteiger partial charge in [0.1, 0.15) is 1.93 Å². The molecule has 0 amide bonds. The molecule has 0 rings (SSSR count). The van der Waals surface area contributed by atoms with E-state index >= 15 is 0 Å². The first-order chi connectivity index (χ1) is 3.89. The molecule has 0 N–H and O–H groups in total. The third kappa shape index (κ3) is 2.72. The van der Waals surface area contributed by atoms with Gasteiger partial charge >= 0.3 is 12.3 Å². The van der Waals surface area contributed by atoms with Crippen molar-refractivity contribution in [2.75, 3.05) is 0 Å². The standard InChI is InChI=1S/C3H2F4I2/c4-1(5)3(6,7)2(8)9/h1-2H. The van der Waals surface area contributed by atoms with E-state index in [0.717, 1.165) is 0 Å². The van der Waals surface area contributed by atoms with Gasteiger partial charge in [0, 0.05) is 0 Å². The second kappa shape index (κ2) is 3.54. The maximum absolute atomic E-state index is 11.9. The van der Waals surface area contributed by atoms with Crippen LogP contribution < -0.4 is 0 Å². The number of hydrogen-bond donors (Lipinski definition) is 0. The van der Waals surface area contributed by atoms with Crippen molar-refractivity contribution in [1.29, 1.82) is 0 Å². The lowest BCUT2D eigenvalue weighted by atomic mass is 10.4. The Kier molecular flexibility index (Phi) is 4.00. The quantitative estimate of drug-likeness (QED) is 0.400. The van der Waals surface area contributed by atoms with Gasteiger partial charge in [-0.2, -0.15) is 8.78 Å². The summed E-state index contributed by atoms with van der Waals surface area (Å²) in [6.45, 7) is 0. The molecule has 0 aromatic rings. The van der Waals surface area contributed by atoms with Crippen LogP contribution in [0.5, 0.6) is 0 Å². The van der Waals surface area contributed by atoms with Crippen molar-refractivity contribution in [3.63, 3.8) is 0 Å². The Bertz CT molecular complexity index is 81.8. The summed E-state index contributed by atoms with van der Waals surface area (Å²) in [6, 6.07) is 0. The molecule has 0 aliphatic carbocycles. The smallest absolute Gasteiger partial charge is 0.204 e. The second-order valence-electron chi connectivity index (χ2n) is 1.28. The van der Waals surface area contributed by atoms with E-state index in [-0.39, 0.29) is 0 Å². The molecule has 6 heteroatoms. The zero-order valence-electron chi connectivity index (χ0n) is 3.92. The molecule has 0 fully saturated rings. The molecule has 0 aromatic carbocycles. The van der Waals surface area contributed by atoms with Crippen LogP contribution in [0.3, 0.4) is 0 Å². The third-order valence-corrected chi connectivity index (χ3v) is 2.24. The summed E-state index contributed by atoms with van der Waals surface area (Å²) in [6.07, 6.45) is -3.56. The highest BCUT2D eigenvalue weighted by atomic mass is 127. The van der Waals surface area contributed by atoms with Crippen molar-refractivity contribution in [2.24, 2.45) is 0 Å². The van der Waals surface area contributed by atoms with E-state index in [1.54, 1.807) is 0 Å². The molecular formula is C3H2F4I2. The summed E-state index contributed by atoms with van der Waals surface area (Å²) in [5.74, 6) is -3.86. The molecule has 0 nitrogen and oxygen atoms in total. The highest BCUT2D eigenvalue weighted by molar-refractivity contribution is 14.2. The van der Waals surface area contributed by atoms with Gasteiger partial charge in [-0.15, -0.1) is 0 Å². The molecule has 0 radical (unpaired) electrons. The van der Waals surface area contributed by atoms with E-state index in [4.69, 9.17) is 0 Å². The molecule has 0 atom stereocenters. The maximum atomic E-state index is 11.9. The molecule has 0 aliphatic heterocycles. The minimum absolute atomic E-state index is 1.26. The number of halogens is 6. The van der Waals surface area contributed by atoms with Gasteiger partial charge in [-0.1, -0.05) is 45.2 Å². The van der Waals surface area contributed by atoms with Crippen LogP contribution in [0, 0.1) is 0 Å². The lowest BCUT2D eigenvalue weighted by Crippen LogP contribution is -2.32. The molecule has 0 saturated carbocycles. The number of rotatable bonds is 2. The van der Waals surface area contributed by atoms with Gasteiger partial charge in [-0.25, -0.2) is 8.78 Å². The van der Waals surface area contributed by atoms with Crippen LogP contribution in [0.25, 0.3) is 0 Å². The SMILES string of the molecule is FC(F)C(F)(F)C(I)I. The van der Waals surface area contributed by atoms with Gasteiger partial charge in [0.25, 0.3) is 0 Å². The zero-order chi connectivity index (χ0) is 7.65. The average Bonchev–Trinajstić information content (AvgIpc) is 1.65. The molecular weight excluding hydrogens is 366 g/mol. The van der Waals surface area contributed by atoms with Gasteiger partial charge in [-0.3, -0.25) is 0 Å². The monoisotopic (exact) mass is 368 g/mol. The minimum atomic E-state index is -3.86. The molecule has 9 heavy (non-hydrogen) atoms. The van der Waals surface area contributed by atoms with Crippen molar-refractivity contribution < 1.29 is 17.6 Å². The highest BCUT2D eigenvalue weighted by Crippen LogP contribution is 2.35. The molecule has 0 bridgehead atoms. The minimum Gasteiger partial charge on any atom is -0.204 e. The van der Waals surface area contributed by atoms with E-state index in [1.807, 2.05) is 0 Å². The largest absolute Gasteiger partial charge is 0.327 e. The van der Waals surface area contributed by atoms with Gasteiger partial charge < -0.3 is 0 Å². The molecule has 0 saturated heterocycles. The number of alkyl halides is 6. The second-order valence-corrected chi connectivity index (χ2v) is 6.15. The van der Waals surface area contributed by atoms with Crippen molar-refractivity contribution in [3.8, 4) is 0 Å². The Labute approximate surface area is 76.7 Å². The topological polar surface area (TPSA) is 0 Å². The predicted molar refractivity (Wildman–Crippen MR) is 42.8 cm³/mol. The van der Waals surface area contributed by atoms with E-state index in [1.165, 1.54) is 45.2 Å². The van der Waals surface area contributed by atoms with E-state index < -0.39 is 14.3 Å². The molecule has 0 unspecified atom stereocenters. The van der Waals surface area contributed by atoms with Crippen LogP contribution in [0.15, 0.2) is 0 Å². The van der Waals surface area contributed by atoms with Crippen LogP contribution in [0.4, 0.5) is 17.6 Å². The van der Waals surface area contributed by atoms with Crippen LogP contribution in [0.1, 0.15) is 0 Å². The molecule has 0 heterocycles. The summed E-state index contributed by atoms with van der Waals surface area (Å²) < 4.78 is 45.1. The molecule has 56 valence electrons. The molecule has 0 aliphatic rings. The summed E-state index contributed by atoms with van der Waals surface area (Å²) >= 11 is 2.51. The molecule has 0 spiro atoms. The first kappa shape index (κ1) is 10.2. The Morgan fingerprint density at radius 3 is 1.44 bits per heavy atom. The van der Waals surface area contributed by atoms with E-state index in [9.17, 15) is 17.6 Å². The normalized spacial score (nSPS) is 13.3. The first-order valence-corrected chi connectivity index (χ1v) is 4.32. The fraction of sp³-hybridized carbons (Fsp3) is 1.00. The van der Waals surface area contributed by atoms with Crippen molar-refractivity contribution in [3.05, 3.63) is 0 Å². The molecule has 0 aromatic heterocycles.